The molecule has 140 valence electrons. The van der Waals surface area contributed by atoms with Crippen LogP contribution in [0.25, 0.3) is 22.2 Å². The highest BCUT2D eigenvalue weighted by Gasteiger charge is 2.09. The van der Waals surface area contributed by atoms with Crippen molar-refractivity contribution in [3.63, 3.8) is 0 Å². The van der Waals surface area contributed by atoms with Gasteiger partial charge in [-0.1, -0.05) is 42.5 Å². The zero-order valence-electron chi connectivity index (χ0n) is 15.5. The molecule has 0 atom stereocenters. The number of aromatic nitrogens is 3. The second kappa shape index (κ2) is 7.92. The van der Waals surface area contributed by atoms with Crippen LogP contribution in [0.5, 0.6) is 5.75 Å². The molecule has 0 radical (unpaired) electrons. The molecule has 1 heterocycles. The van der Waals surface area contributed by atoms with Crippen molar-refractivity contribution < 1.29 is 9.53 Å². The van der Waals surface area contributed by atoms with Crippen molar-refractivity contribution in [3.05, 3.63) is 73.1 Å². The van der Waals surface area contributed by atoms with E-state index in [0.717, 1.165) is 28.7 Å². The van der Waals surface area contributed by atoms with Gasteiger partial charge in [-0.25, -0.2) is 0 Å². The number of fused-ring (bicyclic) bond motifs is 1. The third kappa shape index (κ3) is 3.86. The molecule has 0 fully saturated rings. The highest BCUT2D eigenvalue weighted by Crippen LogP contribution is 2.22. The van der Waals surface area contributed by atoms with Crippen molar-refractivity contribution in [1.29, 1.82) is 0 Å². The number of carbonyl (C=O) groups excluding carboxylic acids is 1. The summed E-state index contributed by atoms with van der Waals surface area (Å²) in [7, 11) is 0. The van der Waals surface area contributed by atoms with Crippen molar-refractivity contribution >= 4 is 22.4 Å². The largest absolute Gasteiger partial charge is 0.484 e. The summed E-state index contributed by atoms with van der Waals surface area (Å²) >= 11 is 0. The van der Waals surface area contributed by atoms with Gasteiger partial charge in [0, 0.05) is 17.8 Å². The normalized spacial score (nSPS) is 10.8. The van der Waals surface area contributed by atoms with Gasteiger partial charge in [0.05, 0.1) is 0 Å². The van der Waals surface area contributed by atoms with Crippen LogP contribution in [0.1, 0.15) is 6.92 Å². The Morgan fingerprint density at radius 2 is 1.89 bits per heavy atom. The summed E-state index contributed by atoms with van der Waals surface area (Å²) in [5, 5.41) is 13.2. The van der Waals surface area contributed by atoms with E-state index in [4.69, 9.17) is 4.74 Å². The maximum atomic E-state index is 12.3. The van der Waals surface area contributed by atoms with Gasteiger partial charge in [0.15, 0.2) is 12.4 Å². The first-order valence-corrected chi connectivity index (χ1v) is 9.12. The van der Waals surface area contributed by atoms with E-state index in [1.54, 1.807) is 6.33 Å². The van der Waals surface area contributed by atoms with Crippen molar-refractivity contribution in [1.82, 2.24) is 14.8 Å². The van der Waals surface area contributed by atoms with Crippen LogP contribution in [0.4, 0.5) is 5.69 Å². The SMILES string of the molecule is CCn1cnnc1-c1cccc(NC(=O)COc2ccc3ccccc3c2)c1. The van der Waals surface area contributed by atoms with Crippen molar-refractivity contribution in [2.45, 2.75) is 13.5 Å². The average molecular weight is 372 g/mol. The first-order valence-electron chi connectivity index (χ1n) is 9.12. The molecule has 28 heavy (non-hydrogen) atoms. The molecular formula is C22H20N4O2. The van der Waals surface area contributed by atoms with Gasteiger partial charge in [-0.15, -0.1) is 10.2 Å². The van der Waals surface area contributed by atoms with Gasteiger partial charge in [-0.05, 0) is 42.0 Å². The Morgan fingerprint density at radius 3 is 2.75 bits per heavy atom. The van der Waals surface area contributed by atoms with Crippen LogP contribution >= 0.6 is 0 Å². The lowest BCUT2D eigenvalue weighted by atomic mass is 10.1. The smallest absolute Gasteiger partial charge is 0.262 e. The van der Waals surface area contributed by atoms with E-state index in [9.17, 15) is 4.79 Å². The molecule has 4 rings (SSSR count). The minimum absolute atomic E-state index is 0.0618. The van der Waals surface area contributed by atoms with Gasteiger partial charge >= 0.3 is 0 Å². The molecule has 6 heteroatoms. The Hall–Kier alpha value is -3.67. The monoisotopic (exact) mass is 372 g/mol. The predicted octanol–water partition coefficient (Wildman–Crippen LogP) is 4.14. The molecule has 0 saturated heterocycles. The van der Waals surface area contributed by atoms with Crippen LogP contribution in [0.3, 0.4) is 0 Å². The van der Waals surface area contributed by atoms with Crippen LogP contribution in [0, 0.1) is 0 Å². The fourth-order valence-electron chi connectivity index (χ4n) is 3.05. The van der Waals surface area contributed by atoms with E-state index in [0.29, 0.717) is 11.4 Å². The second-order valence-corrected chi connectivity index (χ2v) is 6.37. The van der Waals surface area contributed by atoms with E-state index >= 15 is 0 Å². The summed E-state index contributed by atoms with van der Waals surface area (Å²) in [6.07, 6.45) is 1.69. The number of nitrogens with zero attached hydrogens (tertiary/aromatic N) is 3. The van der Waals surface area contributed by atoms with Gasteiger partial charge < -0.3 is 14.6 Å². The lowest BCUT2D eigenvalue weighted by Gasteiger charge is -2.10. The molecule has 6 nitrogen and oxygen atoms in total. The number of hydrogen-bond acceptors (Lipinski definition) is 4. The number of rotatable bonds is 6. The van der Waals surface area contributed by atoms with Crippen molar-refractivity contribution in [2.24, 2.45) is 0 Å². The third-order valence-electron chi connectivity index (χ3n) is 4.45. The van der Waals surface area contributed by atoms with Crippen molar-refractivity contribution in [2.75, 3.05) is 11.9 Å². The number of benzene rings is 3. The van der Waals surface area contributed by atoms with Gasteiger partial charge in [0.2, 0.25) is 0 Å². The van der Waals surface area contributed by atoms with E-state index in [1.165, 1.54) is 0 Å². The number of amides is 1. The van der Waals surface area contributed by atoms with Gasteiger partial charge in [0.1, 0.15) is 12.1 Å². The molecule has 0 aliphatic carbocycles. The summed E-state index contributed by atoms with van der Waals surface area (Å²) in [5.74, 6) is 1.21. The molecule has 4 aromatic rings. The highest BCUT2D eigenvalue weighted by atomic mass is 16.5. The van der Waals surface area contributed by atoms with E-state index < -0.39 is 0 Å². The molecule has 0 unspecified atom stereocenters. The first kappa shape index (κ1) is 17.7. The Kier molecular flexibility index (Phi) is 5.01. The highest BCUT2D eigenvalue weighted by molar-refractivity contribution is 5.92. The lowest BCUT2D eigenvalue weighted by molar-refractivity contribution is -0.118. The van der Waals surface area contributed by atoms with Crippen LogP contribution < -0.4 is 10.1 Å². The topological polar surface area (TPSA) is 69.0 Å². The minimum atomic E-state index is -0.220. The second-order valence-electron chi connectivity index (χ2n) is 6.37. The molecule has 1 amide bonds. The maximum absolute atomic E-state index is 12.3. The van der Waals surface area contributed by atoms with Gasteiger partial charge in [0.25, 0.3) is 5.91 Å². The molecular weight excluding hydrogens is 352 g/mol. The fraction of sp³-hybridized carbons (Fsp3) is 0.136. The fourth-order valence-corrected chi connectivity index (χ4v) is 3.05. The Morgan fingerprint density at radius 1 is 1.04 bits per heavy atom. The molecule has 0 bridgehead atoms. The maximum Gasteiger partial charge on any atom is 0.262 e. The standard InChI is InChI=1S/C22H20N4O2/c1-2-26-15-23-25-22(26)18-8-5-9-19(12-18)24-21(27)14-28-20-11-10-16-6-3-4-7-17(16)13-20/h3-13,15H,2,14H2,1H3,(H,24,27). The van der Waals surface area contributed by atoms with Gasteiger partial charge in [-0.3, -0.25) is 4.79 Å². The molecule has 3 aromatic carbocycles. The molecule has 1 N–H and O–H groups in total. The summed E-state index contributed by atoms with van der Waals surface area (Å²) in [4.78, 5) is 12.3. The van der Waals surface area contributed by atoms with Gasteiger partial charge in [-0.2, -0.15) is 0 Å². The molecule has 0 saturated carbocycles. The number of hydrogen-bond donors (Lipinski definition) is 1. The Bertz CT molecular complexity index is 1120. The number of aryl methyl sites for hydroxylation is 1. The number of ether oxygens (including phenoxy) is 1. The Labute approximate surface area is 162 Å². The average Bonchev–Trinajstić information content (AvgIpc) is 3.21. The van der Waals surface area contributed by atoms with E-state index in [2.05, 4.69) is 15.5 Å². The van der Waals surface area contributed by atoms with E-state index in [1.807, 2.05) is 78.2 Å². The van der Waals surface area contributed by atoms with Crippen LogP contribution in [-0.2, 0) is 11.3 Å². The van der Waals surface area contributed by atoms with Crippen LogP contribution in [-0.4, -0.2) is 27.3 Å². The molecule has 0 aliphatic rings. The zero-order valence-corrected chi connectivity index (χ0v) is 15.5. The summed E-state index contributed by atoms with van der Waals surface area (Å²) < 4.78 is 7.60. The third-order valence-corrected chi connectivity index (χ3v) is 4.45. The predicted molar refractivity (Wildman–Crippen MR) is 109 cm³/mol. The number of carbonyl (C=O) groups is 1. The minimum Gasteiger partial charge on any atom is -0.484 e. The summed E-state index contributed by atoms with van der Waals surface area (Å²) in [6, 6.07) is 21.3. The quantitative estimate of drug-likeness (QED) is 0.552. The lowest BCUT2D eigenvalue weighted by Crippen LogP contribution is -2.20. The zero-order chi connectivity index (χ0) is 19.3. The summed E-state index contributed by atoms with van der Waals surface area (Å²) in [5.41, 5.74) is 1.59. The molecule has 1 aromatic heterocycles. The number of anilines is 1. The van der Waals surface area contributed by atoms with Crippen molar-refractivity contribution in [3.8, 4) is 17.1 Å². The summed E-state index contributed by atoms with van der Waals surface area (Å²) in [6.45, 7) is 2.74. The van der Waals surface area contributed by atoms with Crippen LogP contribution in [0.2, 0.25) is 0 Å². The first-order chi connectivity index (χ1) is 13.7. The Balaban J connectivity index is 1.41. The van der Waals surface area contributed by atoms with E-state index in [-0.39, 0.29) is 12.5 Å². The molecule has 0 spiro atoms. The molecule has 0 aliphatic heterocycles. The number of nitrogens with one attached hydrogen (secondary N) is 1. The van der Waals surface area contributed by atoms with Crippen LogP contribution in [0.15, 0.2) is 73.1 Å².